The summed E-state index contributed by atoms with van der Waals surface area (Å²) in [4.78, 5) is 17.0. The van der Waals surface area contributed by atoms with Crippen LogP contribution in [-0.2, 0) is 0 Å². The lowest BCUT2D eigenvalue weighted by Gasteiger charge is -2.11. The van der Waals surface area contributed by atoms with Crippen molar-refractivity contribution in [3.63, 3.8) is 0 Å². The third-order valence-electron chi connectivity index (χ3n) is 4.64. The summed E-state index contributed by atoms with van der Waals surface area (Å²) in [6, 6.07) is 16.9. The summed E-state index contributed by atoms with van der Waals surface area (Å²) in [5.74, 6) is 0.222. The topological polar surface area (TPSA) is 72.8 Å². The molecule has 0 aliphatic heterocycles. The molecule has 0 radical (unpaired) electrons. The molecular formula is C25H18Cl3N3O3S. The molecule has 0 atom stereocenters. The maximum atomic E-state index is 12.5. The van der Waals surface area contributed by atoms with Crippen LogP contribution in [0.2, 0.25) is 15.1 Å². The van der Waals surface area contributed by atoms with Crippen LogP contribution in [0, 0.1) is 0 Å². The fraction of sp³-hybridized carbons (Fsp3) is 0.0800. The van der Waals surface area contributed by atoms with Crippen LogP contribution >= 0.6 is 46.1 Å². The van der Waals surface area contributed by atoms with Gasteiger partial charge in [0.25, 0.3) is 0 Å². The molecule has 0 spiro atoms. The number of hydrogen-bond donors (Lipinski definition) is 1. The molecule has 10 heteroatoms. The number of nitrogens with zero attached hydrogens (tertiary/aromatic N) is 2. The van der Waals surface area contributed by atoms with E-state index in [1.807, 2.05) is 18.4 Å². The molecule has 0 aliphatic rings. The first-order chi connectivity index (χ1) is 16.9. The van der Waals surface area contributed by atoms with Crippen LogP contribution in [0.3, 0.4) is 0 Å². The minimum absolute atomic E-state index is 0.307. The number of nitrogens with one attached hydrogen (secondary N) is 1. The summed E-state index contributed by atoms with van der Waals surface area (Å²) in [7, 11) is 0. The highest BCUT2D eigenvalue weighted by molar-refractivity contribution is 7.14. The number of thiazole rings is 1. The van der Waals surface area contributed by atoms with Gasteiger partial charge >= 0.3 is 5.97 Å². The van der Waals surface area contributed by atoms with Gasteiger partial charge in [0.05, 0.1) is 29.1 Å². The molecule has 178 valence electrons. The van der Waals surface area contributed by atoms with Crippen molar-refractivity contribution in [2.75, 3.05) is 12.0 Å². The van der Waals surface area contributed by atoms with Gasteiger partial charge in [-0.25, -0.2) is 9.78 Å². The lowest BCUT2D eigenvalue weighted by molar-refractivity contribution is 0.0728. The smallest absolute Gasteiger partial charge is 0.343 e. The Morgan fingerprint density at radius 1 is 1.03 bits per heavy atom. The Labute approximate surface area is 221 Å². The lowest BCUT2D eigenvalue weighted by atomic mass is 10.2. The Bertz CT molecular complexity index is 1370. The molecule has 0 unspecified atom stereocenters. The van der Waals surface area contributed by atoms with Gasteiger partial charge in [-0.05, 0) is 73.2 Å². The van der Waals surface area contributed by atoms with Gasteiger partial charge < -0.3 is 9.47 Å². The molecule has 0 saturated heterocycles. The highest BCUT2D eigenvalue weighted by Crippen LogP contribution is 2.32. The molecule has 4 aromatic rings. The van der Waals surface area contributed by atoms with Crippen LogP contribution in [-0.4, -0.2) is 23.8 Å². The largest absolute Gasteiger partial charge is 0.490 e. The van der Waals surface area contributed by atoms with Crippen LogP contribution in [0.25, 0.3) is 11.3 Å². The summed E-state index contributed by atoms with van der Waals surface area (Å²) in [6.45, 7) is 2.25. The lowest BCUT2D eigenvalue weighted by Crippen LogP contribution is -2.09. The molecule has 4 rings (SSSR count). The van der Waals surface area contributed by atoms with Gasteiger partial charge in [0.2, 0.25) is 5.13 Å². The van der Waals surface area contributed by atoms with E-state index < -0.39 is 5.97 Å². The van der Waals surface area contributed by atoms with E-state index in [0.29, 0.717) is 43.9 Å². The summed E-state index contributed by atoms with van der Waals surface area (Å²) < 4.78 is 11.2. The van der Waals surface area contributed by atoms with Crippen molar-refractivity contribution in [3.05, 3.63) is 92.2 Å². The second-order valence-electron chi connectivity index (χ2n) is 7.07. The highest BCUT2D eigenvalue weighted by Gasteiger charge is 2.13. The standard InChI is InChI=1S/C25H18Cl3N3O3S/c1-2-33-23-11-15(3-10-22(23)34-24(32)16-4-6-17(26)7-5-16)13-29-31-25-30-21(14-35-25)19-9-8-18(27)12-20(19)28/h3-14H,2H2,1H3,(H,30,31)/b29-13+. The molecule has 1 aromatic heterocycles. The monoisotopic (exact) mass is 545 g/mol. The molecule has 1 heterocycles. The van der Waals surface area contributed by atoms with E-state index in [0.717, 1.165) is 16.8 Å². The molecule has 3 aromatic carbocycles. The van der Waals surface area contributed by atoms with Crippen LogP contribution < -0.4 is 14.9 Å². The Morgan fingerprint density at radius 3 is 2.54 bits per heavy atom. The molecular weight excluding hydrogens is 529 g/mol. The van der Waals surface area contributed by atoms with Crippen LogP contribution in [0.4, 0.5) is 5.13 Å². The van der Waals surface area contributed by atoms with Gasteiger partial charge in [-0.1, -0.05) is 34.8 Å². The first kappa shape index (κ1) is 25.0. The van der Waals surface area contributed by atoms with Crippen LogP contribution in [0.15, 0.2) is 71.1 Å². The van der Waals surface area contributed by atoms with Gasteiger partial charge in [-0.15, -0.1) is 11.3 Å². The fourth-order valence-corrected chi connectivity index (χ4v) is 4.30. The number of rotatable bonds is 8. The average molecular weight is 547 g/mol. The van der Waals surface area contributed by atoms with E-state index in [4.69, 9.17) is 44.3 Å². The van der Waals surface area contributed by atoms with Crippen molar-refractivity contribution < 1.29 is 14.3 Å². The number of hydrogen-bond acceptors (Lipinski definition) is 7. The van der Waals surface area contributed by atoms with Crippen molar-refractivity contribution in [3.8, 4) is 22.8 Å². The number of aromatic nitrogens is 1. The van der Waals surface area contributed by atoms with Gasteiger partial charge in [-0.2, -0.15) is 5.10 Å². The summed E-state index contributed by atoms with van der Waals surface area (Å²) in [5.41, 5.74) is 5.54. The zero-order valence-corrected chi connectivity index (χ0v) is 21.4. The normalized spacial score (nSPS) is 11.0. The van der Waals surface area contributed by atoms with E-state index in [1.165, 1.54) is 11.3 Å². The molecule has 0 bridgehead atoms. The zero-order valence-electron chi connectivity index (χ0n) is 18.3. The number of carbonyl (C=O) groups excluding carboxylic acids is 1. The molecule has 6 nitrogen and oxygen atoms in total. The second kappa shape index (κ2) is 11.6. The summed E-state index contributed by atoms with van der Waals surface area (Å²) in [6.07, 6.45) is 1.61. The van der Waals surface area contributed by atoms with E-state index in [-0.39, 0.29) is 0 Å². The summed E-state index contributed by atoms with van der Waals surface area (Å²) in [5, 5.41) is 8.35. The average Bonchev–Trinajstić information content (AvgIpc) is 3.29. The molecule has 35 heavy (non-hydrogen) atoms. The quantitative estimate of drug-likeness (QED) is 0.105. The van der Waals surface area contributed by atoms with Crippen molar-refractivity contribution in [1.29, 1.82) is 0 Å². The van der Waals surface area contributed by atoms with Gasteiger partial charge in [-0.3, -0.25) is 5.43 Å². The number of halogens is 3. The third kappa shape index (κ3) is 6.52. The summed E-state index contributed by atoms with van der Waals surface area (Å²) >= 11 is 19.5. The minimum atomic E-state index is -0.508. The van der Waals surface area contributed by atoms with E-state index in [1.54, 1.807) is 60.8 Å². The van der Waals surface area contributed by atoms with Crippen molar-refractivity contribution >= 4 is 63.5 Å². The molecule has 1 N–H and O–H groups in total. The minimum Gasteiger partial charge on any atom is -0.490 e. The van der Waals surface area contributed by atoms with Gasteiger partial charge in [0, 0.05) is 21.0 Å². The maximum absolute atomic E-state index is 12.5. The molecule has 0 amide bonds. The first-order valence-corrected chi connectivity index (χ1v) is 12.4. The van der Waals surface area contributed by atoms with E-state index >= 15 is 0 Å². The Balaban J connectivity index is 1.44. The number of anilines is 1. The number of esters is 1. The third-order valence-corrected chi connectivity index (χ3v) is 6.18. The highest BCUT2D eigenvalue weighted by atomic mass is 35.5. The van der Waals surface area contributed by atoms with Crippen LogP contribution in [0.5, 0.6) is 11.5 Å². The molecule has 0 saturated carbocycles. The first-order valence-electron chi connectivity index (χ1n) is 10.4. The fourth-order valence-electron chi connectivity index (χ4n) is 3.01. The predicted molar refractivity (Wildman–Crippen MR) is 143 cm³/mol. The number of hydrazone groups is 1. The van der Waals surface area contributed by atoms with Crippen molar-refractivity contribution in [2.45, 2.75) is 6.92 Å². The SMILES string of the molecule is CCOc1cc(/C=N/Nc2nc(-c3ccc(Cl)cc3Cl)cs2)ccc1OC(=O)c1ccc(Cl)cc1. The van der Waals surface area contributed by atoms with Gasteiger partial charge in [0.1, 0.15) is 0 Å². The Kier molecular flexibility index (Phi) is 8.25. The maximum Gasteiger partial charge on any atom is 0.343 e. The predicted octanol–water partition coefficient (Wildman–Crippen LogP) is 7.83. The van der Waals surface area contributed by atoms with E-state index in [2.05, 4.69) is 15.5 Å². The van der Waals surface area contributed by atoms with Crippen molar-refractivity contribution in [2.24, 2.45) is 5.10 Å². The Morgan fingerprint density at radius 2 is 1.80 bits per heavy atom. The number of ether oxygens (including phenoxy) is 2. The second-order valence-corrected chi connectivity index (χ2v) is 9.21. The molecule has 0 aliphatic carbocycles. The van der Waals surface area contributed by atoms with E-state index in [9.17, 15) is 4.79 Å². The van der Waals surface area contributed by atoms with Crippen molar-refractivity contribution in [1.82, 2.24) is 4.98 Å². The van der Waals surface area contributed by atoms with Crippen LogP contribution in [0.1, 0.15) is 22.8 Å². The Hall–Kier alpha value is -3.10. The number of benzene rings is 3. The number of carbonyl (C=O) groups is 1. The molecule has 0 fully saturated rings. The zero-order chi connectivity index (χ0) is 24.8. The van der Waals surface area contributed by atoms with Gasteiger partial charge in [0.15, 0.2) is 11.5 Å².